The molecule has 14 atom stereocenters. The number of rotatable bonds is 10. The van der Waals surface area contributed by atoms with Crippen molar-refractivity contribution < 1.29 is 67.0 Å². The first-order valence-corrected chi connectivity index (χ1v) is 22.5. The van der Waals surface area contributed by atoms with Gasteiger partial charge in [-0.15, -0.1) is 6.58 Å². The smallest absolute Gasteiger partial charge is 0.332 e. The highest BCUT2D eigenvalue weighted by Gasteiger charge is 2.56. The molecule has 15 heteroatoms. The Labute approximate surface area is 366 Å². The molecule has 0 spiro atoms. The number of hydrogen-bond acceptors (Lipinski definition) is 13. The lowest BCUT2D eigenvalue weighted by atomic mass is 9.82. The van der Waals surface area contributed by atoms with Crippen LogP contribution in [0.4, 0.5) is 4.39 Å². The van der Waals surface area contributed by atoms with Crippen LogP contribution in [-0.4, -0.2) is 133 Å². The van der Waals surface area contributed by atoms with E-state index in [0.717, 1.165) is 10.5 Å². The summed E-state index contributed by atoms with van der Waals surface area (Å²) in [5, 5.41) is 23.8. The number of hydrogen-bond donors (Lipinski definition) is 2. The van der Waals surface area contributed by atoms with Crippen LogP contribution in [0.3, 0.4) is 0 Å². The molecule has 2 N–H and O–H groups in total. The van der Waals surface area contributed by atoms with Gasteiger partial charge in [0.2, 0.25) is 5.79 Å². The number of piperidine rings is 1. The zero-order chi connectivity index (χ0) is 45.9. The van der Waals surface area contributed by atoms with E-state index in [1.807, 2.05) is 26.0 Å². The van der Waals surface area contributed by atoms with Crippen LogP contribution in [0, 0.1) is 29.6 Å². The summed E-state index contributed by atoms with van der Waals surface area (Å²) in [6.07, 6.45) is 2.01. The minimum atomic E-state index is -2.55. The quantitative estimate of drug-likeness (QED) is 0.158. The highest BCUT2D eigenvalue weighted by Crippen LogP contribution is 2.39. The number of alkyl halides is 1. The lowest BCUT2D eigenvalue weighted by molar-refractivity contribution is -0.302. The fourth-order valence-electron chi connectivity index (χ4n) is 9.71. The average molecular weight is 878 g/mol. The van der Waals surface area contributed by atoms with E-state index >= 15 is 4.39 Å². The van der Waals surface area contributed by atoms with Crippen LogP contribution in [0.5, 0.6) is 0 Å². The van der Waals surface area contributed by atoms with Crippen LogP contribution in [0.25, 0.3) is 0 Å². The summed E-state index contributed by atoms with van der Waals surface area (Å²) < 4.78 is 50.1. The standard InChI is InChI=1S/C47H72FNO13/c1-10-14-33-20-27(3)19-28(4)21-39(57-8)43-40(58-9)23-30(6)47(56,62-43)44(53)45(54)49-18-13-12-15-35(49)46(55)61-42(31(7)36(50)25-37(33)51)29(5)22-32-16-17-38(34(48)24-32)60-26-41(52)59-11-2/h10,20,22,28,30-36,38-40,42-43,50,56H,1,11-19,21,23-26H2,2-9H3/b27-20+,29-22+/t28-,30+,31+,32-,33+,34?,35-,36-,38+,39-,40-,42+,43+,47+/m0/s1. The Morgan fingerprint density at radius 1 is 1.02 bits per heavy atom. The van der Waals surface area contributed by atoms with Crippen molar-refractivity contribution in [3.8, 4) is 0 Å². The number of ether oxygens (including phenoxy) is 6. The first kappa shape index (κ1) is 51.3. The third-order valence-electron chi connectivity index (χ3n) is 13.2. The van der Waals surface area contributed by atoms with Gasteiger partial charge in [0.1, 0.15) is 36.8 Å². The zero-order valence-corrected chi connectivity index (χ0v) is 38.1. The highest BCUT2D eigenvalue weighted by atomic mass is 19.1. The largest absolute Gasteiger partial charge is 0.464 e. The van der Waals surface area contributed by atoms with Crippen molar-refractivity contribution in [3.05, 3.63) is 36.0 Å². The van der Waals surface area contributed by atoms with Gasteiger partial charge >= 0.3 is 11.9 Å². The molecule has 1 aliphatic carbocycles. The van der Waals surface area contributed by atoms with E-state index < -0.39 is 96.0 Å². The van der Waals surface area contributed by atoms with Gasteiger partial charge in [-0.2, -0.15) is 0 Å². The van der Waals surface area contributed by atoms with Crippen molar-refractivity contribution in [1.82, 2.24) is 4.90 Å². The Morgan fingerprint density at radius 3 is 2.35 bits per heavy atom. The minimum absolute atomic E-state index is 0.0195. The molecule has 350 valence electrons. The topological polar surface area (TPSA) is 184 Å². The van der Waals surface area contributed by atoms with Gasteiger partial charge < -0.3 is 43.5 Å². The number of cyclic esters (lactones) is 1. The minimum Gasteiger partial charge on any atom is -0.464 e. The van der Waals surface area contributed by atoms with Crippen LogP contribution < -0.4 is 0 Å². The Bertz CT molecular complexity index is 1630. The fourth-order valence-corrected chi connectivity index (χ4v) is 9.71. The SMILES string of the molecule is C=CC[C@@H]1/C=C(\C)C[C@H](C)C[C@H](OC)[C@H]2O[C@@](O)(C(=O)C(=O)N3CCCC[C@H]3C(=O)O[C@H](/C(C)=C/[C@@H]3CC[C@@H](OCC(=O)OCC)C(F)C3)[C@H](C)[C@@H](O)CC1=O)[C@H](C)C[C@@H]2OC. The summed E-state index contributed by atoms with van der Waals surface area (Å²) in [6, 6.07) is -1.21. The van der Waals surface area contributed by atoms with E-state index in [9.17, 15) is 34.2 Å². The van der Waals surface area contributed by atoms with Crippen molar-refractivity contribution >= 4 is 29.4 Å². The number of aliphatic hydroxyl groups is 2. The van der Waals surface area contributed by atoms with Crippen molar-refractivity contribution in [3.63, 3.8) is 0 Å². The van der Waals surface area contributed by atoms with Gasteiger partial charge in [0.05, 0.1) is 31.0 Å². The van der Waals surface area contributed by atoms with E-state index in [1.54, 1.807) is 33.8 Å². The number of halogens is 1. The number of esters is 2. The van der Waals surface area contributed by atoms with Gasteiger partial charge in [-0.3, -0.25) is 14.4 Å². The number of carbonyl (C=O) groups is 5. The third kappa shape index (κ3) is 12.9. The van der Waals surface area contributed by atoms with Crippen molar-refractivity contribution in [2.24, 2.45) is 29.6 Å². The Hall–Kier alpha value is -3.34. The first-order valence-electron chi connectivity index (χ1n) is 22.5. The molecule has 3 heterocycles. The number of methoxy groups -OCH3 is 2. The lowest BCUT2D eigenvalue weighted by Crippen LogP contribution is -2.64. The summed E-state index contributed by atoms with van der Waals surface area (Å²) in [7, 11) is 3.02. The summed E-state index contributed by atoms with van der Waals surface area (Å²) in [5.41, 5.74) is 1.44. The summed E-state index contributed by atoms with van der Waals surface area (Å²) in [4.78, 5) is 69.8. The van der Waals surface area contributed by atoms with Crippen LogP contribution >= 0.6 is 0 Å². The van der Waals surface area contributed by atoms with Gasteiger partial charge in [0.15, 0.2) is 0 Å². The number of nitrogens with zero attached hydrogens (tertiary/aromatic N) is 1. The second-order valence-corrected chi connectivity index (χ2v) is 18.1. The molecule has 3 fully saturated rings. The Morgan fingerprint density at radius 2 is 1.71 bits per heavy atom. The normalized spacial score (nSPS) is 38.5. The number of amides is 1. The van der Waals surface area contributed by atoms with Gasteiger partial charge in [-0.1, -0.05) is 44.6 Å². The Balaban J connectivity index is 1.72. The molecular formula is C47H72FNO13. The molecule has 1 amide bonds. The molecular weight excluding hydrogens is 806 g/mol. The molecule has 0 aromatic rings. The molecule has 0 aromatic heterocycles. The van der Waals surface area contributed by atoms with Crippen LogP contribution in [0.2, 0.25) is 0 Å². The van der Waals surface area contributed by atoms with Crippen molar-refractivity contribution in [2.45, 2.75) is 167 Å². The molecule has 3 aliphatic heterocycles. The first-order chi connectivity index (χ1) is 29.4. The van der Waals surface area contributed by atoms with Crippen molar-refractivity contribution in [1.29, 1.82) is 0 Å². The number of fused-ring (bicyclic) bond motifs is 3. The predicted molar refractivity (Wildman–Crippen MR) is 227 cm³/mol. The highest BCUT2D eigenvalue weighted by molar-refractivity contribution is 6.39. The molecule has 0 aromatic carbocycles. The second-order valence-electron chi connectivity index (χ2n) is 18.1. The summed E-state index contributed by atoms with van der Waals surface area (Å²) in [5.74, 6) is -9.07. The van der Waals surface area contributed by atoms with Gasteiger partial charge in [-0.05, 0) is 102 Å². The van der Waals surface area contributed by atoms with E-state index in [2.05, 4.69) is 6.58 Å². The Kier molecular flexibility index (Phi) is 19.5. The molecule has 4 rings (SSSR count). The van der Waals surface area contributed by atoms with E-state index in [1.165, 1.54) is 14.2 Å². The van der Waals surface area contributed by atoms with E-state index in [4.69, 9.17) is 28.4 Å². The van der Waals surface area contributed by atoms with Crippen LogP contribution in [0.1, 0.15) is 112 Å². The molecule has 0 radical (unpaired) electrons. The summed E-state index contributed by atoms with van der Waals surface area (Å²) >= 11 is 0. The number of allylic oxidation sites excluding steroid dienone is 4. The number of carbonyl (C=O) groups excluding carboxylic acids is 5. The maximum Gasteiger partial charge on any atom is 0.332 e. The predicted octanol–water partition coefficient (Wildman–Crippen LogP) is 5.55. The monoisotopic (exact) mass is 877 g/mol. The zero-order valence-electron chi connectivity index (χ0n) is 38.1. The second kappa shape index (κ2) is 23.5. The van der Waals surface area contributed by atoms with Gasteiger partial charge in [0, 0.05) is 44.9 Å². The average Bonchev–Trinajstić information content (AvgIpc) is 3.23. The molecule has 2 bridgehead atoms. The number of ketones is 2. The van der Waals surface area contributed by atoms with Crippen LogP contribution in [0.15, 0.2) is 36.0 Å². The lowest BCUT2D eigenvalue weighted by Gasteiger charge is -2.47. The van der Waals surface area contributed by atoms with E-state index in [0.29, 0.717) is 50.5 Å². The van der Waals surface area contributed by atoms with Gasteiger partial charge in [0.25, 0.3) is 11.7 Å². The summed E-state index contributed by atoms with van der Waals surface area (Å²) in [6.45, 7) is 14.4. The number of aliphatic hydroxyl groups excluding tert-OH is 1. The maximum absolute atomic E-state index is 15.5. The molecule has 62 heavy (non-hydrogen) atoms. The molecule has 14 nitrogen and oxygen atoms in total. The fraction of sp³-hybridized carbons (Fsp3) is 0.766. The molecule has 1 saturated carbocycles. The number of Topliss-reactive ketones (excluding diaryl/α,β-unsaturated/α-hetero) is 2. The third-order valence-corrected chi connectivity index (χ3v) is 13.2. The van der Waals surface area contributed by atoms with Gasteiger partial charge in [-0.25, -0.2) is 14.0 Å². The van der Waals surface area contributed by atoms with Crippen molar-refractivity contribution in [2.75, 3.05) is 34.0 Å². The molecule has 1 unspecified atom stereocenters. The molecule has 4 aliphatic rings. The van der Waals surface area contributed by atoms with E-state index in [-0.39, 0.29) is 63.1 Å². The molecule has 2 saturated heterocycles. The van der Waals surface area contributed by atoms with Crippen LogP contribution in [-0.2, 0) is 52.4 Å². The maximum atomic E-state index is 15.5.